The number of hydrogen-bond donors (Lipinski definition) is 4. The van der Waals surface area contributed by atoms with Crippen molar-refractivity contribution in [3.63, 3.8) is 0 Å². The summed E-state index contributed by atoms with van der Waals surface area (Å²) >= 11 is 0. The van der Waals surface area contributed by atoms with E-state index < -0.39 is 5.91 Å². The van der Waals surface area contributed by atoms with Crippen LogP contribution in [0.3, 0.4) is 0 Å². The number of anilines is 3. The molecule has 0 aliphatic heterocycles. The predicted molar refractivity (Wildman–Crippen MR) is 213 cm³/mol. The number of methoxy groups -OCH3 is 2. The number of nitrogens with one attached hydrogen (secondary N) is 3. The second-order valence-electron chi connectivity index (χ2n) is 13.5. The lowest BCUT2D eigenvalue weighted by Gasteiger charge is -2.35. The molecule has 5 rings (SSSR count). The molecule has 0 radical (unpaired) electrons. The quantitative estimate of drug-likeness (QED) is 0.0409. The summed E-state index contributed by atoms with van der Waals surface area (Å²) in [6, 6.07) is 23.5. The zero-order valence-corrected chi connectivity index (χ0v) is 31.6. The Kier molecular flexibility index (Phi) is 15.0. The predicted octanol–water partition coefficient (Wildman–Crippen LogP) is 6.81. The van der Waals surface area contributed by atoms with Gasteiger partial charge in [-0.1, -0.05) is 67.3 Å². The Morgan fingerprint density at radius 3 is 2.19 bits per heavy atom. The van der Waals surface area contributed by atoms with Crippen molar-refractivity contribution in [2.24, 2.45) is 5.73 Å². The van der Waals surface area contributed by atoms with Crippen LogP contribution in [0.4, 0.5) is 17.5 Å². The van der Waals surface area contributed by atoms with Crippen molar-refractivity contribution in [3.8, 4) is 23.0 Å². The van der Waals surface area contributed by atoms with E-state index in [0.29, 0.717) is 62.1 Å². The number of nitrogens with zero attached hydrogens (tertiary/aromatic N) is 2. The van der Waals surface area contributed by atoms with Crippen molar-refractivity contribution in [2.45, 2.75) is 63.3 Å². The minimum Gasteiger partial charge on any atom is -0.465 e. The van der Waals surface area contributed by atoms with E-state index in [1.54, 1.807) is 44.7 Å². The van der Waals surface area contributed by atoms with E-state index in [1.807, 2.05) is 12.1 Å². The highest BCUT2D eigenvalue weighted by atomic mass is 16.5. The highest BCUT2D eigenvalue weighted by Gasteiger charge is 2.32. The van der Waals surface area contributed by atoms with Gasteiger partial charge in [0.1, 0.15) is 12.4 Å². The lowest BCUT2D eigenvalue weighted by molar-refractivity contribution is -0.144. The van der Waals surface area contributed by atoms with Crippen LogP contribution in [-0.4, -0.2) is 74.5 Å². The molecule has 11 nitrogen and oxygen atoms in total. The highest BCUT2D eigenvalue weighted by molar-refractivity contribution is 5.93. The lowest BCUT2D eigenvalue weighted by atomic mass is 9.86. The Morgan fingerprint density at radius 1 is 0.889 bits per heavy atom. The fourth-order valence-electron chi connectivity index (χ4n) is 6.71. The van der Waals surface area contributed by atoms with Crippen LogP contribution in [0.15, 0.2) is 79.0 Å². The number of fused-ring (bicyclic) bond motifs is 3. The van der Waals surface area contributed by atoms with Crippen LogP contribution >= 0.6 is 0 Å². The maximum absolute atomic E-state index is 13.2. The molecular weight excluding hydrogens is 681 g/mol. The van der Waals surface area contributed by atoms with Gasteiger partial charge in [-0.15, -0.1) is 0 Å². The average Bonchev–Trinajstić information content (AvgIpc) is 3.52. The fourth-order valence-corrected chi connectivity index (χ4v) is 6.71. The second kappa shape index (κ2) is 20.3. The summed E-state index contributed by atoms with van der Waals surface area (Å²) in [5.41, 5.74) is 11.7. The third kappa shape index (κ3) is 10.9. The molecule has 5 N–H and O–H groups in total. The van der Waals surface area contributed by atoms with Crippen molar-refractivity contribution >= 4 is 29.3 Å². The monoisotopic (exact) mass is 732 g/mol. The van der Waals surface area contributed by atoms with Crippen molar-refractivity contribution in [1.82, 2.24) is 15.3 Å². The van der Waals surface area contributed by atoms with E-state index in [4.69, 9.17) is 19.9 Å². The number of aromatic nitrogens is 2. The molecule has 0 bridgehead atoms. The molecule has 0 spiro atoms. The third-order valence-corrected chi connectivity index (χ3v) is 9.71. The van der Waals surface area contributed by atoms with Gasteiger partial charge in [0, 0.05) is 69.5 Å². The van der Waals surface area contributed by atoms with Gasteiger partial charge in [-0.3, -0.25) is 9.59 Å². The van der Waals surface area contributed by atoms with E-state index >= 15 is 0 Å². The van der Waals surface area contributed by atoms with Crippen molar-refractivity contribution < 1.29 is 23.8 Å². The molecule has 3 aromatic carbocycles. The van der Waals surface area contributed by atoms with Crippen molar-refractivity contribution in [2.75, 3.05) is 57.8 Å². The molecule has 0 unspecified atom stereocenters. The summed E-state index contributed by atoms with van der Waals surface area (Å²) < 4.78 is 16.9. The van der Waals surface area contributed by atoms with Crippen LogP contribution in [0.5, 0.6) is 0 Å². The molecule has 0 saturated heterocycles. The highest BCUT2D eigenvalue weighted by Crippen LogP contribution is 2.44. The molecule has 1 amide bonds. The first-order valence-electron chi connectivity index (χ1n) is 18.7. The van der Waals surface area contributed by atoms with E-state index in [9.17, 15) is 9.59 Å². The number of rotatable bonds is 21. The van der Waals surface area contributed by atoms with Gasteiger partial charge in [-0.25, -0.2) is 4.98 Å². The first-order chi connectivity index (χ1) is 26.4. The van der Waals surface area contributed by atoms with Gasteiger partial charge >= 0.3 is 5.97 Å². The van der Waals surface area contributed by atoms with Gasteiger partial charge in [0.15, 0.2) is 0 Å². The molecule has 0 fully saturated rings. The molecule has 1 aliphatic carbocycles. The number of carbonyl (C=O) groups excluding carboxylic acids is 2. The number of primary amides is 1. The second-order valence-corrected chi connectivity index (χ2v) is 13.5. The molecule has 1 aromatic heterocycles. The van der Waals surface area contributed by atoms with Gasteiger partial charge in [0.2, 0.25) is 11.9 Å². The van der Waals surface area contributed by atoms with Crippen molar-refractivity contribution in [1.29, 1.82) is 0 Å². The molecule has 0 saturated carbocycles. The molecule has 54 heavy (non-hydrogen) atoms. The number of carbonyl (C=O) groups is 2. The van der Waals surface area contributed by atoms with Crippen LogP contribution in [0.1, 0.15) is 84.8 Å². The number of benzene rings is 3. The van der Waals surface area contributed by atoms with Crippen LogP contribution < -0.4 is 21.7 Å². The fraction of sp³-hybridized carbons (Fsp3) is 0.395. The topological polar surface area (TPSA) is 150 Å². The number of esters is 1. The van der Waals surface area contributed by atoms with Gasteiger partial charge in [-0.2, -0.15) is 4.98 Å². The number of hydrogen-bond acceptors (Lipinski definition) is 10. The molecule has 0 atom stereocenters. The van der Waals surface area contributed by atoms with Crippen LogP contribution in [0, 0.1) is 11.8 Å². The summed E-state index contributed by atoms with van der Waals surface area (Å²) in [6.07, 6.45) is 6.44. The number of amides is 1. The minimum absolute atomic E-state index is 0.0284. The van der Waals surface area contributed by atoms with Crippen LogP contribution in [-0.2, 0) is 19.0 Å². The maximum atomic E-state index is 13.2. The van der Waals surface area contributed by atoms with Crippen LogP contribution in [0.2, 0.25) is 0 Å². The molecule has 1 heterocycles. The van der Waals surface area contributed by atoms with Gasteiger partial charge < -0.3 is 35.9 Å². The number of ether oxygens (including phenoxy) is 3. The largest absolute Gasteiger partial charge is 0.465 e. The first kappa shape index (κ1) is 39.9. The smallest absolute Gasteiger partial charge is 0.305 e. The summed E-state index contributed by atoms with van der Waals surface area (Å²) in [6.45, 7) is 4.96. The van der Waals surface area contributed by atoms with Crippen molar-refractivity contribution in [3.05, 3.63) is 101 Å². The molecule has 11 heteroatoms. The molecule has 4 aromatic rings. The number of nitrogens with two attached hydrogens (primary N) is 1. The summed E-state index contributed by atoms with van der Waals surface area (Å²) in [4.78, 5) is 33.8. The number of unbranched alkanes of at least 4 members (excludes halogenated alkanes) is 1. The maximum Gasteiger partial charge on any atom is 0.305 e. The zero-order valence-electron chi connectivity index (χ0n) is 31.6. The normalized spacial score (nSPS) is 12.0. The Morgan fingerprint density at radius 2 is 1.56 bits per heavy atom. The van der Waals surface area contributed by atoms with Gasteiger partial charge in [-0.05, 0) is 85.2 Å². The van der Waals surface area contributed by atoms with Crippen LogP contribution in [0.25, 0.3) is 11.1 Å². The molecule has 284 valence electrons. The molecule has 1 aliphatic rings. The molecular formula is C43H52N6O5. The van der Waals surface area contributed by atoms with E-state index in [-0.39, 0.29) is 23.8 Å². The third-order valence-electron chi connectivity index (χ3n) is 9.71. The summed E-state index contributed by atoms with van der Waals surface area (Å²) in [5.74, 6) is 6.94. The van der Waals surface area contributed by atoms with E-state index in [2.05, 4.69) is 81.1 Å². The summed E-state index contributed by atoms with van der Waals surface area (Å²) in [7, 11) is 3.39. The van der Waals surface area contributed by atoms with Gasteiger partial charge in [0.25, 0.3) is 0 Å². The first-order valence-corrected chi connectivity index (χ1v) is 18.7. The van der Waals surface area contributed by atoms with E-state index in [0.717, 1.165) is 37.9 Å². The Bertz CT molecular complexity index is 1850. The van der Waals surface area contributed by atoms with E-state index in [1.165, 1.54) is 22.3 Å². The Balaban J connectivity index is 1.16. The minimum atomic E-state index is -0.481. The summed E-state index contributed by atoms with van der Waals surface area (Å²) in [5, 5.41) is 10.3. The van der Waals surface area contributed by atoms with Gasteiger partial charge in [0.05, 0.1) is 11.8 Å². The zero-order chi connectivity index (χ0) is 38.2. The Hall–Kier alpha value is -5.28. The average molecular weight is 733 g/mol. The lowest BCUT2D eigenvalue weighted by Crippen LogP contribution is -2.48. The standard InChI is InChI=1S/C43H52N6O5/c1-4-25-45-41-32(29-46-42(49-41)48-33-19-17-31(18-20-33)40(44)51)12-6-5-11-26-47-43(23-27-52-2,24-28-53-3)22-21-39(50)54-30-38-36-15-9-7-13-34(36)35-14-8-10-16-37(35)38/h7-10,13-20,29,38,47H,4-5,11,21-28,30H2,1-3H3,(H2,44,51)(H2,45,46,48,49). The SMILES string of the molecule is CCCNc1nc(Nc2ccc(C(N)=O)cc2)ncc1C#CCCCNC(CCOC)(CCOC)CCC(=O)OCC1c2ccccc2-c2ccccc21. The Labute approximate surface area is 318 Å².